The number of hydrogen-bond acceptors (Lipinski definition) is 3. The molecule has 3 aromatic rings. The van der Waals surface area contributed by atoms with E-state index in [0.29, 0.717) is 27.7 Å². The van der Waals surface area contributed by atoms with E-state index in [0.717, 1.165) is 23.7 Å². The maximum Gasteiger partial charge on any atom is 0.150 e. The normalized spacial score (nSPS) is 9.46. The molecule has 0 aliphatic heterocycles. The lowest BCUT2D eigenvalue weighted by Crippen LogP contribution is -1.87. The molecule has 0 fully saturated rings. The Morgan fingerprint density at radius 3 is 1.79 bits per heavy atom. The quantitative estimate of drug-likeness (QED) is 0.443. The summed E-state index contributed by atoms with van der Waals surface area (Å²) >= 11 is 5.74. The molecule has 0 bridgehead atoms. The van der Waals surface area contributed by atoms with Crippen LogP contribution in [-0.2, 0) is 0 Å². The van der Waals surface area contributed by atoms with Crippen molar-refractivity contribution in [2.24, 2.45) is 0 Å². The van der Waals surface area contributed by atoms with E-state index in [2.05, 4.69) is 13.2 Å². The number of hydrogen-bond donors (Lipinski definition) is 0. The number of benzene rings is 3. The zero-order valence-electron chi connectivity index (χ0n) is 15.2. The van der Waals surface area contributed by atoms with E-state index in [1.807, 2.05) is 24.3 Å². The van der Waals surface area contributed by atoms with Gasteiger partial charge in [-0.25, -0.2) is 0 Å². The highest BCUT2D eigenvalue weighted by Gasteiger charge is 2.00. The van der Waals surface area contributed by atoms with Crippen molar-refractivity contribution in [3.63, 3.8) is 0 Å². The Morgan fingerprint density at radius 2 is 1.36 bits per heavy atom. The molecule has 0 N–H and O–H groups in total. The van der Waals surface area contributed by atoms with Crippen LogP contribution in [-0.4, -0.2) is 12.6 Å². The van der Waals surface area contributed by atoms with Crippen LogP contribution in [0.4, 0.5) is 0 Å². The summed E-state index contributed by atoms with van der Waals surface area (Å²) < 4.78 is 5.55. The number of halogens is 1. The topological polar surface area (TPSA) is 43.4 Å². The second kappa shape index (κ2) is 10.7. The van der Waals surface area contributed by atoms with Crippen molar-refractivity contribution in [2.45, 2.75) is 0 Å². The predicted molar refractivity (Wildman–Crippen MR) is 115 cm³/mol. The lowest BCUT2D eigenvalue weighted by atomic mass is 10.1. The second-order valence-electron chi connectivity index (χ2n) is 5.68. The van der Waals surface area contributed by atoms with Crippen molar-refractivity contribution < 1.29 is 14.3 Å². The summed E-state index contributed by atoms with van der Waals surface area (Å²) in [7, 11) is 0. The van der Waals surface area contributed by atoms with Crippen LogP contribution in [0.25, 0.3) is 11.1 Å². The summed E-state index contributed by atoms with van der Waals surface area (Å²) in [6.45, 7) is 7.33. The van der Waals surface area contributed by atoms with Crippen LogP contribution in [0.5, 0.6) is 11.5 Å². The summed E-state index contributed by atoms with van der Waals surface area (Å²) in [5.41, 5.74) is 3.07. The molecular weight excluding hydrogens is 372 g/mol. The average molecular weight is 391 g/mol. The number of carbonyl (C=O) groups excluding carboxylic acids is 2. The Hall–Kier alpha value is -3.43. The summed E-state index contributed by atoms with van der Waals surface area (Å²) in [5, 5.41) is 0.556. The second-order valence-corrected chi connectivity index (χ2v) is 6.14. The summed E-state index contributed by atoms with van der Waals surface area (Å²) in [6.07, 6.45) is 3.28. The van der Waals surface area contributed by atoms with Gasteiger partial charge in [0.15, 0.2) is 0 Å². The van der Waals surface area contributed by atoms with Crippen molar-refractivity contribution in [1.82, 2.24) is 0 Å². The van der Waals surface area contributed by atoms with Gasteiger partial charge in [0.2, 0.25) is 0 Å². The molecule has 3 aromatic carbocycles. The van der Waals surface area contributed by atoms with Crippen LogP contribution in [0.2, 0.25) is 0 Å². The third-order valence-corrected chi connectivity index (χ3v) is 3.90. The van der Waals surface area contributed by atoms with Gasteiger partial charge in [-0.05, 0) is 35.4 Å². The minimum atomic E-state index is 0.550. The Morgan fingerprint density at radius 1 is 0.821 bits per heavy atom. The first kappa shape index (κ1) is 20.9. The van der Waals surface area contributed by atoms with Crippen molar-refractivity contribution in [3.05, 3.63) is 108 Å². The fourth-order valence-electron chi connectivity index (χ4n) is 2.36. The van der Waals surface area contributed by atoms with Crippen molar-refractivity contribution in [3.8, 4) is 11.5 Å². The minimum absolute atomic E-state index is 0.550. The SMILES string of the molecule is C=Cc1ccccc1C(=C)Cl.O=Cc1cccc(Oc2cccc(C=O)c2)c1. The first-order chi connectivity index (χ1) is 13.6. The molecule has 28 heavy (non-hydrogen) atoms. The van der Waals surface area contributed by atoms with E-state index < -0.39 is 0 Å². The largest absolute Gasteiger partial charge is 0.457 e. The molecular formula is C24H19ClO3. The highest BCUT2D eigenvalue weighted by atomic mass is 35.5. The molecule has 0 atom stereocenters. The van der Waals surface area contributed by atoms with Gasteiger partial charge in [0, 0.05) is 16.2 Å². The number of rotatable bonds is 6. The van der Waals surface area contributed by atoms with Crippen LogP contribution in [0, 0.1) is 0 Å². The first-order valence-corrected chi connectivity index (χ1v) is 8.79. The highest BCUT2D eigenvalue weighted by Crippen LogP contribution is 2.22. The van der Waals surface area contributed by atoms with E-state index in [1.54, 1.807) is 54.6 Å². The number of aldehydes is 2. The smallest absolute Gasteiger partial charge is 0.150 e. The van der Waals surface area contributed by atoms with Gasteiger partial charge >= 0.3 is 0 Å². The monoisotopic (exact) mass is 390 g/mol. The Labute approximate surface area is 169 Å². The molecule has 0 spiro atoms. The molecule has 0 saturated carbocycles. The molecule has 3 nitrogen and oxygen atoms in total. The fraction of sp³-hybridized carbons (Fsp3) is 0. The van der Waals surface area contributed by atoms with Gasteiger partial charge in [-0.2, -0.15) is 0 Å². The highest BCUT2D eigenvalue weighted by molar-refractivity contribution is 6.48. The number of carbonyl (C=O) groups is 2. The van der Waals surface area contributed by atoms with Gasteiger partial charge in [-0.15, -0.1) is 0 Å². The van der Waals surface area contributed by atoms with Gasteiger partial charge in [-0.1, -0.05) is 79.4 Å². The van der Waals surface area contributed by atoms with Crippen molar-refractivity contribution in [2.75, 3.05) is 0 Å². The Kier molecular flexibility index (Phi) is 7.94. The molecule has 4 heteroatoms. The zero-order valence-corrected chi connectivity index (χ0v) is 15.9. The van der Waals surface area contributed by atoms with Gasteiger partial charge in [0.25, 0.3) is 0 Å². The van der Waals surface area contributed by atoms with Crippen LogP contribution in [0.15, 0.2) is 86.0 Å². The van der Waals surface area contributed by atoms with Crippen LogP contribution >= 0.6 is 11.6 Å². The zero-order chi connectivity index (χ0) is 20.4. The summed E-state index contributed by atoms with van der Waals surface area (Å²) in [5.74, 6) is 1.13. The summed E-state index contributed by atoms with van der Waals surface area (Å²) in [4.78, 5) is 21.2. The van der Waals surface area contributed by atoms with Crippen LogP contribution < -0.4 is 4.74 Å². The van der Waals surface area contributed by atoms with Gasteiger partial charge < -0.3 is 4.74 Å². The molecule has 0 saturated heterocycles. The van der Waals surface area contributed by atoms with Crippen LogP contribution in [0.3, 0.4) is 0 Å². The maximum absolute atomic E-state index is 10.6. The fourth-order valence-corrected chi connectivity index (χ4v) is 2.53. The molecule has 0 heterocycles. The van der Waals surface area contributed by atoms with E-state index in [4.69, 9.17) is 16.3 Å². The van der Waals surface area contributed by atoms with Crippen molar-refractivity contribution in [1.29, 1.82) is 0 Å². The molecule has 3 rings (SSSR count). The lowest BCUT2D eigenvalue weighted by Gasteiger charge is -2.06. The van der Waals surface area contributed by atoms with Gasteiger partial charge in [-0.3, -0.25) is 9.59 Å². The molecule has 0 aliphatic carbocycles. The third-order valence-electron chi connectivity index (χ3n) is 3.70. The maximum atomic E-state index is 10.6. The Bertz CT molecular complexity index is 943. The molecule has 0 amide bonds. The molecule has 0 aromatic heterocycles. The lowest BCUT2D eigenvalue weighted by molar-refractivity contribution is 0.111. The van der Waals surface area contributed by atoms with Crippen LogP contribution in [0.1, 0.15) is 31.8 Å². The molecule has 0 unspecified atom stereocenters. The van der Waals surface area contributed by atoms with E-state index in [-0.39, 0.29) is 0 Å². The summed E-state index contributed by atoms with van der Waals surface area (Å²) in [6, 6.07) is 21.4. The average Bonchev–Trinajstić information content (AvgIpc) is 2.74. The minimum Gasteiger partial charge on any atom is -0.457 e. The van der Waals surface area contributed by atoms with Crippen molar-refractivity contribution >= 4 is 35.3 Å². The Balaban J connectivity index is 0.000000221. The molecule has 0 aliphatic rings. The third kappa shape index (κ3) is 6.08. The standard InChI is InChI=1S/C14H10O3.C10H9Cl/c15-9-11-3-1-5-13(7-11)17-14-6-2-4-12(8-14)10-16;1-3-9-6-4-5-7-10(9)8(2)11/h1-10H;3-7H,1-2H2. The first-order valence-electron chi connectivity index (χ1n) is 8.42. The molecule has 140 valence electrons. The van der Waals surface area contributed by atoms with E-state index in [1.165, 1.54) is 0 Å². The number of ether oxygens (including phenoxy) is 1. The van der Waals surface area contributed by atoms with Gasteiger partial charge in [0.05, 0.1) is 0 Å². The van der Waals surface area contributed by atoms with Gasteiger partial charge in [0.1, 0.15) is 24.1 Å². The molecule has 0 radical (unpaired) electrons. The predicted octanol–water partition coefficient (Wildman–Crippen LogP) is 6.64. The van der Waals surface area contributed by atoms with E-state index >= 15 is 0 Å². The van der Waals surface area contributed by atoms with E-state index in [9.17, 15) is 9.59 Å².